The van der Waals surface area contributed by atoms with E-state index in [2.05, 4.69) is 36.0 Å². The molecule has 2 aromatic rings. The van der Waals surface area contributed by atoms with Crippen molar-refractivity contribution >= 4 is 17.2 Å². The van der Waals surface area contributed by atoms with Crippen LogP contribution in [0.1, 0.15) is 31.3 Å². The number of rotatable bonds is 5. The van der Waals surface area contributed by atoms with Gasteiger partial charge < -0.3 is 10.1 Å². The Morgan fingerprint density at radius 2 is 2.00 bits per heavy atom. The second kappa shape index (κ2) is 8.08. The van der Waals surface area contributed by atoms with Crippen LogP contribution in [0, 0.1) is 0 Å². The van der Waals surface area contributed by atoms with Crippen LogP contribution in [0.3, 0.4) is 0 Å². The molecule has 5 nitrogen and oxygen atoms in total. The van der Waals surface area contributed by atoms with Crippen LogP contribution in [0.2, 0.25) is 0 Å². The number of amides is 1. The second-order valence-corrected chi connectivity index (χ2v) is 7.53. The number of hydrogen-bond acceptors (Lipinski definition) is 5. The standard InChI is InChI=1S/C19H25N3O2S/c1-13(22-10-14(2)24-15(3)11-22)9-20-18(23)17-12-25-19(21-17)16-7-5-4-6-8-16/h4-8,12-15H,9-11H2,1-3H3,(H,20,23). The monoisotopic (exact) mass is 359 g/mol. The van der Waals surface area contributed by atoms with Crippen molar-refractivity contribution in [1.29, 1.82) is 0 Å². The number of nitrogens with one attached hydrogen (secondary N) is 1. The maximum Gasteiger partial charge on any atom is 0.270 e. The van der Waals surface area contributed by atoms with E-state index < -0.39 is 0 Å². The summed E-state index contributed by atoms with van der Waals surface area (Å²) in [4.78, 5) is 19.2. The molecule has 3 rings (SSSR count). The van der Waals surface area contributed by atoms with E-state index in [1.54, 1.807) is 0 Å². The quantitative estimate of drug-likeness (QED) is 0.891. The van der Waals surface area contributed by atoms with E-state index in [4.69, 9.17) is 4.74 Å². The highest BCUT2D eigenvalue weighted by Gasteiger charge is 2.26. The zero-order chi connectivity index (χ0) is 17.8. The van der Waals surface area contributed by atoms with Crippen LogP contribution in [-0.2, 0) is 4.74 Å². The molecule has 1 aromatic heterocycles. The lowest BCUT2D eigenvalue weighted by atomic mass is 10.1. The molecule has 25 heavy (non-hydrogen) atoms. The number of nitrogens with zero attached hydrogens (tertiary/aromatic N) is 2. The summed E-state index contributed by atoms with van der Waals surface area (Å²) < 4.78 is 5.77. The topological polar surface area (TPSA) is 54.5 Å². The predicted molar refractivity (Wildman–Crippen MR) is 101 cm³/mol. The lowest BCUT2D eigenvalue weighted by molar-refractivity contribution is -0.0778. The third-order valence-corrected chi connectivity index (χ3v) is 5.28. The summed E-state index contributed by atoms with van der Waals surface area (Å²) in [5, 5.41) is 5.70. The highest BCUT2D eigenvalue weighted by molar-refractivity contribution is 7.13. The summed E-state index contributed by atoms with van der Waals surface area (Å²) in [5.41, 5.74) is 1.52. The van der Waals surface area contributed by atoms with Crippen LogP contribution in [0.4, 0.5) is 0 Å². The van der Waals surface area contributed by atoms with E-state index in [9.17, 15) is 4.79 Å². The molecule has 134 valence electrons. The van der Waals surface area contributed by atoms with Crippen LogP contribution in [0.5, 0.6) is 0 Å². The highest BCUT2D eigenvalue weighted by atomic mass is 32.1. The maximum atomic E-state index is 12.4. The molecule has 1 aliphatic heterocycles. The molecule has 0 saturated carbocycles. The molecule has 1 aliphatic rings. The summed E-state index contributed by atoms with van der Waals surface area (Å²) in [6.45, 7) is 8.73. The van der Waals surface area contributed by atoms with Crippen molar-refractivity contribution in [3.8, 4) is 10.6 Å². The largest absolute Gasteiger partial charge is 0.373 e. The zero-order valence-corrected chi connectivity index (χ0v) is 15.8. The Labute approximate surface area is 153 Å². The van der Waals surface area contributed by atoms with Gasteiger partial charge in [0.2, 0.25) is 0 Å². The van der Waals surface area contributed by atoms with Gasteiger partial charge in [0.1, 0.15) is 10.7 Å². The number of benzene rings is 1. The van der Waals surface area contributed by atoms with Gasteiger partial charge in [0.15, 0.2) is 0 Å². The average Bonchev–Trinajstić information content (AvgIpc) is 3.09. The van der Waals surface area contributed by atoms with Gasteiger partial charge in [-0.05, 0) is 20.8 Å². The molecule has 2 heterocycles. The molecule has 0 radical (unpaired) electrons. The molecular formula is C19H25N3O2S. The Morgan fingerprint density at radius 3 is 2.68 bits per heavy atom. The first-order valence-electron chi connectivity index (χ1n) is 8.71. The third-order valence-electron chi connectivity index (χ3n) is 4.39. The average molecular weight is 359 g/mol. The van der Waals surface area contributed by atoms with Gasteiger partial charge in [0.25, 0.3) is 5.91 Å². The minimum absolute atomic E-state index is 0.111. The van der Waals surface area contributed by atoms with Crippen LogP contribution in [0.15, 0.2) is 35.7 Å². The number of morpholine rings is 1. The number of ether oxygens (including phenoxy) is 1. The van der Waals surface area contributed by atoms with Crippen LogP contribution < -0.4 is 5.32 Å². The van der Waals surface area contributed by atoms with E-state index >= 15 is 0 Å². The summed E-state index contributed by atoms with van der Waals surface area (Å²) in [6, 6.07) is 10.2. The van der Waals surface area contributed by atoms with E-state index in [1.165, 1.54) is 11.3 Å². The van der Waals surface area contributed by atoms with Crippen molar-refractivity contribution < 1.29 is 9.53 Å². The number of carbonyl (C=O) groups excluding carboxylic acids is 1. The smallest absolute Gasteiger partial charge is 0.270 e. The fourth-order valence-electron chi connectivity index (χ4n) is 3.13. The fourth-order valence-corrected chi connectivity index (χ4v) is 3.94. The minimum Gasteiger partial charge on any atom is -0.373 e. The van der Waals surface area contributed by atoms with Gasteiger partial charge in [-0.15, -0.1) is 11.3 Å². The minimum atomic E-state index is -0.111. The summed E-state index contributed by atoms with van der Waals surface area (Å²) >= 11 is 1.49. The molecule has 1 amide bonds. The molecule has 3 atom stereocenters. The first kappa shape index (κ1) is 18.0. The lowest BCUT2D eigenvalue weighted by Gasteiger charge is -2.38. The zero-order valence-electron chi connectivity index (χ0n) is 14.9. The van der Waals surface area contributed by atoms with E-state index in [-0.39, 0.29) is 24.2 Å². The van der Waals surface area contributed by atoms with E-state index in [0.29, 0.717) is 12.2 Å². The van der Waals surface area contributed by atoms with Crippen LogP contribution in [0.25, 0.3) is 10.6 Å². The molecule has 1 fully saturated rings. The molecule has 6 heteroatoms. The molecule has 1 N–H and O–H groups in total. The molecule has 0 bridgehead atoms. The normalized spacial score (nSPS) is 22.5. The molecule has 1 saturated heterocycles. The van der Waals surface area contributed by atoms with Gasteiger partial charge >= 0.3 is 0 Å². The maximum absolute atomic E-state index is 12.4. The molecule has 1 aromatic carbocycles. The Balaban J connectivity index is 1.55. The van der Waals surface area contributed by atoms with Crippen molar-refractivity contribution in [2.24, 2.45) is 0 Å². The van der Waals surface area contributed by atoms with Gasteiger partial charge in [0.05, 0.1) is 12.2 Å². The Bertz CT molecular complexity index is 694. The van der Waals surface area contributed by atoms with Gasteiger partial charge in [-0.25, -0.2) is 4.98 Å². The Hall–Kier alpha value is -1.76. The van der Waals surface area contributed by atoms with Crippen molar-refractivity contribution in [3.05, 3.63) is 41.4 Å². The molecule has 0 aliphatic carbocycles. The molecular weight excluding hydrogens is 334 g/mol. The number of hydrogen-bond donors (Lipinski definition) is 1. The summed E-state index contributed by atoms with van der Waals surface area (Å²) in [7, 11) is 0. The lowest BCUT2D eigenvalue weighted by Crippen LogP contribution is -2.52. The molecule has 3 unspecified atom stereocenters. The van der Waals surface area contributed by atoms with Gasteiger partial charge in [-0.2, -0.15) is 0 Å². The van der Waals surface area contributed by atoms with Crippen LogP contribution in [-0.4, -0.2) is 53.7 Å². The summed E-state index contributed by atoms with van der Waals surface area (Å²) in [6.07, 6.45) is 0.461. The predicted octanol–water partition coefficient (Wildman–Crippen LogP) is 3.04. The number of aromatic nitrogens is 1. The first-order valence-corrected chi connectivity index (χ1v) is 9.59. The SMILES string of the molecule is CC1CN(C(C)CNC(=O)c2csc(-c3ccccc3)n2)CC(C)O1. The Kier molecular flexibility index (Phi) is 5.83. The van der Waals surface area contributed by atoms with Crippen molar-refractivity contribution in [3.63, 3.8) is 0 Å². The summed E-state index contributed by atoms with van der Waals surface area (Å²) in [5.74, 6) is -0.111. The fraction of sp³-hybridized carbons (Fsp3) is 0.474. The van der Waals surface area contributed by atoms with Gasteiger partial charge in [-0.3, -0.25) is 9.69 Å². The number of thiazole rings is 1. The highest BCUT2D eigenvalue weighted by Crippen LogP contribution is 2.23. The second-order valence-electron chi connectivity index (χ2n) is 6.67. The third kappa shape index (κ3) is 4.66. The van der Waals surface area contributed by atoms with Crippen molar-refractivity contribution in [2.45, 2.75) is 39.0 Å². The van der Waals surface area contributed by atoms with E-state index in [1.807, 2.05) is 35.7 Å². The van der Waals surface area contributed by atoms with E-state index in [0.717, 1.165) is 23.7 Å². The van der Waals surface area contributed by atoms with Crippen molar-refractivity contribution in [1.82, 2.24) is 15.2 Å². The Morgan fingerprint density at radius 1 is 1.32 bits per heavy atom. The number of carbonyl (C=O) groups is 1. The molecule has 0 spiro atoms. The van der Waals surface area contributed by atoms with Gasteiger partial charge in [-0.1, -0.05) is 30.3 Å². The van der Waals surface area contributed by atoms with Gasteiger partial charge in [0, 0.05) is 36.6 Å². The van der Waals surface area contributed by atoms with Crippen molar-refractivity contribution in [2.75, 3.05) is 19.6 Å². The first-order chi connectivity index (χ1) is 12.0. The van der Waals surface area contributed by atoms with Crippen LogP contribution >= 0.6 is 11.3 Å².